The molecule has 0 saturated carbocycles. The van der Waals surface area contributed by atoms with Gasteiger partial charge in [-0.25, -0.2) is 0 Å². The fourth-order valence-corrected chi connectivity index (χ4v) is 2.82. The summed E-state index contributed by atoms with van der Waals surface area (Å²) in [5.74, 6) is 1.92. The van der Waals surface area contributed by atoms with E-state index in [1.165, 1.54) is 24.9 Å². The van der Waals surface area contributed by atoms with Crippen molar-refractivity contribution in [3.63, 3.8) is 0 Å². The predicted molar refractivity (Wildman–Crippen MR) is 74.4 cm³/mol. The number of likely N-dealkylation sites (tertiary alicyclic amines) is 1. The summed E-state index contributed by atoms with van der Waals surface area (Å²) in [6.45, 7) is 11.0. The van der Waals surface area contributed by atoms with Crippen LogP contribution in [0.15, 0.2) is 16.7 Å². The summed E-state index contributed by atoms with van der Waals surface area (Å²) in [5, 5.41) is 3.40. The molecule has 1 fully saturated rings. The second kappa shape index (κ2) is 6.39. The maximum absolute atomic E-state index is 5.66. The zero-order valence-electron chi connectivity index (χ0n) is 11.9. The van der Waals surface area contributed by atoms with E-state index < -0.39 is 0 Å². The van der Waals surface area contributed by atoms with Crippen LogP contribution in [0.4, 0.5) is 0 Å². The third kappa shape index (κ3) is 3.59. The Hall–Kier alpha value is -0.800. The van der Waals surface area contributed by atoms with Crippen molar-refractivity contribution in [2.75, 3.05) is 13.1 Å². The Morgan fingerprint density at radius 2 is 2.28 bits per heavy atom. The van der Waals surface area contributed by atoms with Crippen LogP contribution >= 0.6 is 0 Å². The maximum Gasteiger partial charge on any atom is 0.118 e. The molecule has 1 aromatic heterocycles. The minimum Gasteiger partial charge on any atom is -0.468 e. The van der Waals surface area contributed by atoms with E-state index in [2.05, 4.69) is 37.1 Å². The average Bonchev–Trinajstić information content (AvgIpc) is 2.88. The molecule has 2 atom stereocenters. The lowest BCUT2D eigenvalue weighted by Gasteiger charge is -2.19. The third-order valence-corrected chi connectivity index (χ3v) is 3.74. The van der Waals surface area contributed by atoms with E-state index in [1.54, 1.807) is 0 Å². The third-order valence-electron chi connectivity index (χ3n) is 3.74. The molecule has 0 aromatic carbocycles. The van der Waals surface area contributed by atoms with Gasteiger partial charge >= 0.3 is 0 Å². The molecule has 2 unspecified atom stereocenters. The molecule has 0 aliphatic carbocycles. The van der Waals surface area contributed by atoms with Gasteiger partial charge in [0, 0.05) is 24.7 Å². The number of rotatable bonds is 6. The van der Waals surface area contributed by atoms with Crippen molar-refractivity contribution >= 4 is 0 Å². The zero-order valence-corrected chi connectivity index (χ0v) is 11.9. The number of nitrogens with zero attached hydrogens (tertiary/aromatic N) is 1. The first-order valence-corrected chi connectivity index (χ1v) is 7.20. The van der Waals surface area contributed by atoms with E-state index in [1.807, 2.05) is 6.26 Å². The summed E-state index contributed by atoms with van der Waals surface area (Å²) in [6.07, 6.45) is 4.38. The largest absolute Gasteiger partial charge is 0.468 e. The van der Waals surface area contributed by atoms with Gasteiger partial charge in [0.15, 0.2) is 0 Å². The van der Waals surface area contributed by atoms with Crippen molar-refractivity contribution in [1.29, 1.82) is 0 Å². The van der Waals surface area contributed by atoms with Gasteiger partial charge in [-0.1, -0.05) is 13.8 Å². The Bertz CT molecular complexity index is 361. The summed E-state index contributed by atoms with van der Waals surface area (Å²) in [5.41, 5.74) is 1.26. The lowest BCUT2D eigenvalue weighted by atomic mass is 10.1. The first-order valence-electron chi connectivity index (χ1n) is 7.20. The van der Waals surface area contributed by atoms with Gasteiger partial charge < -0.3 is 9.73 Å². The first kappa shape index (κ1) is 13.6. The van der Waals surface area contributed by atoms with Gasteiger partial charge in [-0.3, -0.25) is 4.90 Å². The standard InChI is InChI=1S/C15H26N2O/c1-4-5-16-8-14-7-15(18-11-14)10-17-9-12(2)6-13(17)3/h7,11-13,16H,4-6,8-10H2,1-3H3. The normalized spacial score (nSPS) is 24.8. The molecule has 0 amide bonds. The molecule has 3 heteroatoms. The van der Waals surface area contributed by atoms with E-state index >= 15 is 0 Å². The Labute approximate surface area is 111 Å². The molecule has 1 aliphatic rings. The Morgan fingerprint density at radius 3 is 2.94 bits per heavy atom. The number of furan rings is 1. The zero-order chi connectivity index (χ0) is 13.0. The molecule has 1 saturated heterocycles. The molecule has 0 spiro atoms. The highest BCUT2D eigenvalue weighted by Crippen LogP contribution is 2.24. The van der Waals surface area contributed by atoms with E-state index in [0.29, 0.717) is 6.04 Å². The van der Waals surface area contributed by atoms with Crippen LogP contribution in [0.1, 0.15) is 44.9 Å². The highest BCUT2D eigenvalue weighted by Gasteiger charge is 2.26. The molecule has 2 rings (SSSR count). The highest BCUT2D eigenvalue weighted by atomic mass is 16.3. The summed E-state index contributed by atoms with van der Waals surface area (Å²) in [7, 11) is 0. The quantitative estimate of drug-likeness (QED) is 0.787. The van der Waals surface area contributed by atoms with Crippen molar-refractivity contribution in [2.45, 2.75) is 52.7 Å². The molecule has 102 valence electrons. The minimum absolute atomic E-state index is 0.687. The lowest BCUT2D eigenvalue weighted by Crippen LogP contribution is -2.26. The van der Waals surface area contributed by atoms with Gasteiger partial charge in [0.05, 0.1) is 12.8 Å². The molecular weight excluding hydrogens is 224 g/mol. The fraction of sp³-hybridized carbons (Fsp3) is 0.733. The van der Waals surface area contributed by atoms with Crippen LogP contribution < -0.4 is 5.32 Å². The fourth-order valence-electron chi connectivity index (χ4n) is 2.82. The maximum atomic E-state index is 5.66. The summed E-state index contributed by atoms with van der Waals surface area (Å²) >= 11 is 0. The molecule has 3 nitrogen and oxygen atoms in total. The van der Waals surface area contributed by atoms with Crippen LogP contribution in [-0.2, 0) is 13.1 Å². The Kier molecular flexibility index (Phi) is 4.84. The van der Waals surface area contributed by atoms with Gasteiger partial charge in [-0.15, -0.1) is 0 Å². The number of nitrogens with one attached hydrogen (secondary N) is 1. The van der Waals surface area contributed by atoms with E-state index in [-0.39, 0.29) is 0 Å². The van der Waals surface area contributed by atoms with Crippen molar-refractivity contribution in [1.82, 2.24) is 10.2 Å². The molecule has 0 radical (unpaired) electrons. The van der Waals surface area contributed by atoms with Crippen LogP contribution in [0.2, 0.25) is 0 Å². The van der Waals surface area contributed by atoms with Gasteiger partial charge in [0.25, 0.3) is 0 Å². The monoisotopic (exact) mass is 250 g/mol. The van der Waals surface area contributed by atoms with Crippen molar-refractivity contribution < 1.29 is 4.42 Å². The smallest absolute Gasteiger partial charge is 0.118 e. The Morgan fingerprint density at radius 1 is 1.44 bits per heavy atom. The van der Waals surface area contributed by atoms with E-state index in [4.69, 9.17) is 4.42 Å². The lowest BCUT2D eigenvalue weighted by molar-refractivity contribution is 0.235. The molecular formula is C15H26N2O. The SMILES string of the molecule is CCCNCc1coc(CN2CC(C)CC2C)c1. The molecule has 1 aliphatic heterocycles. The predicted octanol–water partition coefficient (Wildman–Crippen LogP) is 3.01. The van der Waals surface area contributed by atoms with Gasteiger partial charge in [-0.2, -0.15) is 0 Å². The van der Waals surface area contributed by atoms with Crippen LogP contribution in [0.3, 0.4) is 0 Å². The minimum atomic E-state index is 0.687. The van der Waals surface area contributed by atoms with Crippen molar-refractivity contribution in [3.8, 4) is 0 Å². The van der Waals surface area contributed by atoms with Gasteiger partial charge in [0.1, 0.15) is 5.76 Å². The Balaban J connectivity index is 1.83. The van der Waals surface area contributed by atoms with E-state index in [9.17, 15) is 0 Å². The first-order chi connectivity index (χ1) is 8.69. The van der Waals surface area contributed by atoms with Crippen LogP contribution in [-0.4, -0.2) is 24.0 Å². The van der Waals surface area contributed by atoms with Crippen LogP contribution in [0.5, 0.6) is 0 Å². The molecule has 18 heavy (non-hydrogen) atoms. The summed E-state index contributed by atoms with van der Waals surface area (Å²) in [6, 6.07) is 2.88. The van der Waals surface area contributed by atoms with Gasteiger partial charge in [-0.05, 0) is 38.3 Å². The molecule has 2 heterocycles. The second-order valence-electron chi connectivity index (χ2n) is 5.72. The molecule has 0 bridgehead atoms. The second-order valence-corrected chi connectivity index (χ2v) is 5.72. The van der Waals surface area contributed by atoms with Gasteiger partial charge in [0.2, 0.25) is 0 Å². The van der Waals surface area contributed by atoms with Crippen LogP contribution in [0, 0.1) is 5.92 Å². The summed E-state index contributed by atoms with van der Waals surface area (Å²) < 4.78 is 5.66. The molecule has 1 aromatic rings. The van der Waals surface area contributed by atoms with E-state index in [0.717, 1.165) is 31.3 Å². The number of hydrogen-bond donors (Lipinski definition) is 1. The van der Waals surface area contributed by atoms with Crippen LogP contribution in [0.25, 0.3) is 0 Å². The topological polar surface area (TPSA) is 28.4 Å². The van der Waals surface area contributed by atoms with Crippen molar-refractivity contribution in [2.24, 2.45) is 5.92 Å². The number of hydrogen-bond acceptors (Lipinski definition) is 3. The summed E-state index contributed by atoms with van der Waals surface area (Å²) in [4.78, 5) is 2.52. The van der Waals surface area contributed by atoms with Crippen molar-refractivity contribution in [3.05, 3.63) is 23.7 Å². The average molecular weight is 250 g/mol. The highest BCUT2D eigenvalue weighted by molar-refractivity contribution is 5.13. The molecule has 1 N–H and O–H groups in total.